The minimum absolute atomic E-state index is 0.0351. The fourth-order valence-electron chi connectivity index (χ4n) is 1.62. The van der Waals surface area contributed by atoms with Crippen molar-refractivity contribution in [3.63, 3.8) is 0 Å². The molecule has 4 N–H and O–H groups in total. The van der Waals surface area contributed by atoms with E-state index in [1.807, 2.05) is 0 Å². The maximum absolute atomic E-state index is 12.0. The third kappa shape index (κ3) is 2.36. The molecular weight excluding hydrogens is 226 g/mol. The molecule has 0 radical (unpaired) electrons. The van der Waals surface area contributed by atoms with Gasteiger partial charge in [0.15, 0.2) is 5.84 Å². The zero-order chi connectivity index (χ0) is 12.3. The molecule has 1 atom stereocenters. The van der Waals surface area contributed by atoms with Crippen LogP contribution in [0.2, 0.25) is 0 Å². The smallest absolute Gasteiger partial charge is 0.272 e. The van der Waals surface area contributed by atoms with Gasteiger partial charge >= 0.3 is 0 Å². The first kappa shape index (κ1) is 11.4. The summed E-state index contributed by atoms with van der Waals surface area (Å²) in [5.41, 5.74) is 5.85. The number of carbonyl (C=O) groups excluding carboxylic acids is 1. The number of H-pyrrole nitrogens is 1. The van der Waals surface area contributed by atoms with Crippen LogP contribution in [0.4, 0.5) is 0 Å². The van der Waals surface area contributed by atoms with Crippen molar-refractivity contribution in [3.8, 4) is 0 Å². The fourth-order valence-corrected chi connectivity index (χ4v) is 1.62. The van der Waals surface area contributed by atoms with Crippen molar-refractivity contribution in [3.05, 3.63) is 18.0 Å². The highest BCUT2D eigenvalue weighted by Gasteiger charge is 2.28. The Morgan fingerprint density at radius 1 is 1.76 bits per heavy atom. The Labute approximate surface area is 97.0 Å². The number of carbonyl (C=O) groups is 1. The largest absolute Gasteiger partial charge is 0.409 e. The van der Waals surface area contributed by atoms with Gasteiger partial charge < -0.3 is 20.6 Å². The topological polar surface area (TPSA) is 117 Å². The Hall–Kier alpha value is -2.09. The average molecular weight is 239 g/mol. The first-order valence-electron chi connectivity index (χ1n) is 5.10. The SMILES string of the molecule is NC(=NO)C1CN(C(=O)c2ccn[nH]2)CCO1. The molecule has 0 spiro atoms. The van der Waals surface area contributed by atoms with Crippen LogP contribution in [-0.4, -0.2) is 57.8 Å². The Bertz CT molecular complexity index is 416. The number of hydrogen-bond acceptors (Lipinski definition) is 5. The van der Waals surface area contributed by atoms with Gasteiger partial charge in [0.25, 0.3) is 5.91 Å². The van der Waals surface area contributed by atoms with Crippen LogP contribution in [0.15, 0.2) is 17.4 Å². The molecule has 1 aliphatic heterocycles. The second kappa shape index (κ2) is 4.83. The van der Waals surface area contributed by atoms with Crippen molar-refractivity contribution >= 4 is 11.7 Å². The molecule has 1 aromatic heterocycles. The second-order valence-electron chi connectivity index (χ2n) is 3.61. The number of nitrogens with one attached hydrogen (secondary N) is 1. The molecule has 1 fully saturated rings. The summed E-state index contributed by atoms with van der Waals surface area (Å²) in [5, 5.41) is 17.8. The minimum Gasteiger partial charge on any atom is -0.409 e. The third-order valence-electron chi connectivity index (χ3n) is 2.53. The summed E-state index contributed by atoms with van der Waals surface area (Å²) >= 11 is 0. The van der Waals surface area contributed by atoms with Crippen LogP contribution in [0, 0.1) is 0 Å². The summed E-state index contributed by atoms with van der Waals surface area (Å²) in [6.45, 7) is 1.07. The van der Waals surface area contributed by atoms with Crippen molar-refractivity contribution in [1.82, 2.24) is 15.1 Å². The van der Waals surface area contributed by atoms with E-state index in [1.54, 1.807) is 11.0 Å². The summed E-state index contributed by atoms with van der Waals surface area (Å²) in [5.74, 6) is -0.214. The molecule has 2 rings (SSSR count). The van der Waals surface area contributed by atoms with Crippen LogP contribution in [0.3, 0.4) is 0 Å². The summed E-state index contributed by atoms with van der Waals surface area (Å²) in [6.07, 6.45) is 0.940. The summed E-state index contributed by atoms with van der Waals surface area (Å²) in [4.78, 5) is 13.5. The molecule has 1 amide bonds. The number of nitrogens with two attached hydrogens (primary N) is 1. The highest BCUT2D eigenvalue weighted by Crippen LogP contribution is 2.09. The number of aromatic nitrogens is 2. The summed E-state index contributed by atoms with van der Waals surface area (Å²) in [6, 6.07) is 1.59. The van der Waals surface area contributed by atoms with Crippen molar-refractivity contribution in [2.24, 2.45) is 10.9 Å². The number of oxime groups is 1. The van der Waals surface area contributed by atoms with E-state index in [9.17, 15) is 4.79 Å². The number of rotatable bonds is 2. The van der Waals surface area contributed by atoms with Gasteiger partial charge in [-0.3, -0.25) is 9.89 Å². The van der Waals surface area contributed by atoms with E-state index in [2.05, 4.69) is 15.4 Å². The first-order chi connectivity index (χ1) is 8.22. The average Bonchev–Trinajstić information content (AvgIpc) is 2.91. The monoisotopic (exact) mass is 239 g/mol. The highest BCUT2D eigenvalue weighted by atomic mass is 16.5. The van der Waals surface area contributed by atoms with E-state index in [0.717, 1.165) is 0 Å². The molecule has 0 saturated carbocycles. The van der Waals surface area contributed by atoms with Gasteiger partial charge in [0, 0.05) is 12.7 Å². The van der Waals surface area contributed by atoms with Crippen LogP contribution in [0.25, 0.3) is 0 Å². The van der Waals surface area contributed by atoms with Gasteiger partial charge in [-0.2, -0.15) is 5.10 Å². The van der Waals surface area contributed by atoms with E-state index >= 15 is 0 Å². The third-order valence-corrected chi connectivity index (χ3v) is 2.53. The number of amidine groups is 1. The Balaban J connectivity index is 2.05. The standard InChI is InChI=1S/C9H13N5O3/c10-8(13-16)7-5-14(3-4-17-7)9(15)6-1-2-11-12-6/h1-2,7,16H,3-5H2,(H2,10,13)(H,11,12). The van der Waals surface area contributed by atoms with Gasteiger partial charge in [0.1, 0.15) is 11.8 Å². The molecule has 2 heterocycles. The number of amides is 1. The molecule has 0 aromatic carbocycles. The lowest BCUT2D eigenvalue weighted by atomic mass is 10.2. The zero-order valence-corrected chi connectivity index (χ0v) is 9.04. The van der Waals surface area contributed by atoms with E-state index in [0.29, 0.717) is 18.8 Å². The number of morpholine rings is 1. The Kier molecular flexibility index (Phi) is 3.24. The predicted molar refractivity (Wildman–Crippen MR) is 57.6 cm³/mol. The van der Waals surface area contributed by atoms with Gasteiger partial charge in [-0.25, -0.2) is 0 Å². The van der Waals surface area contributed by atoms with E-state index in [-0.39, 0.29) is 18.3 Å². The van der Waals surface area contributed by atoms with Gasteiger partial charge in [-0.15, -0.1) is 0 Å². The van der Waals surface area contributed by atoms with Crippen molar-refractivity contribution in [2.75, 3.05) is 19.7 Å². The lowest BCUT2D eigenvalue weighted by Crippen LogP contribution is -2.50. The lowest BCUT2D eigenvalue weighted by molar-refractivity contribution is 0.00648. The van der Waals surface area contributed by atoms with E-state index in [1.165, 1.54) is 6.20 Å². The predicted octanol–water partition coefficient (Wildman–Crippen LogP) is -1.00. The Morgan fingerprint density at radius 3 is 3.24 bits per heavy atom. The quantitative estimate of drug-likeness (QED) is 0.265. The van der Waals surface area contributed by atoms with Crippen molar-refractivity contribution in [2.45, 2.75) is 6.10 Å². The maximum Gasteiger partial charge on any atom is 0.272 e. The summed E-state index contributed by atoms with van der Waals surface area (Å²) < 4.78 is 5.29. The highest BCUT2D eigenvalue weighted by molar-refractivity contribution is 5.93. The van der Waals surface area contributed by atoms with Crippen molar-refractivity contribution < 1.29 is 14.7 Å². The summed E-state index contributed by atoms with van der Waals surface area (Å²) in [7, 11) is 0. The van der Waals surface area contributed by atoms with Gasteiger partial charge in [-0.05, 0) is 6.07 Å². The van der Waals surface area contributed by atoms with Crippen LogP contribution in [0.5, 0.6) is 0 Å². The fraction of sp³-hybridized carbons (Fsp3) is 0.444. The lowest BCUT2D eigenvalue weighted by Gasteiger charge is -2.31. The van der Waals surface area contributed by atoms with Crippen LogP contribution < -0.4 is 5.73 Å². The molecular formula is C9H13N5O3. The van der Waals surface area contributed by atoms with Crippen LogP contribution in [0.1, 0.15) is 10.5 Å². The van der Waals surface area contributed by atoms with E-state index in [4.69, 9.17) is 15.7 Å². The molecule has 1 aliphatic rings. The maximum atomic E-state index is 12.0. The van der Waals surface area contributed by atoms with Crippen LogP contribution >= 0.6 is 0 Å². The molecule has 0 aliphatic carbocycles. The number of aromatic amines is 1. The molecule has 92 valence electrons. The molecule has 8 nitrogen and oxygen atoms in total. The zero-order valence-electron chi connectivity index (χ0n) is 9.04. The van der Waals surface area contributed by atoms with Crippen molar-refractivity contribution in [1.29, 1.82) is 0 Å². The molecule has 1 aromatic rings. The van der Waals surface area contributed by atoms with Gasteiger partial charge in [0.2, 0.25) is 0 Å². The number of hydrogen-bond donors (Lipinski definition) is 3. The first-order valence-corrected chi connectivity index (χ1v) is 5.10. The molecule has 1 unspecified atom stereocenters. The second-order valence-corrected chi connectivity index (χ2v) is 3.61. The minimum atomic E-state index is -0.569. The van der Waals surface area contributed by atoms with Crippen LogP contribution in [-0.2, 0) is 4.74 Å². The molecule has 1 saturated heterocycles. The normalized spacial score (nSPS) is 21.5. The van der Waals surface area contributed by atoms with Gasteiger partial charge in [0.05, 0.1) is 13.2 Å². The Morgan fingerprint density at radius 2 is 2.59 bits per heavy atom. The van der Waals surface area contributed by atoms with E-state index < -0.39 is 6.10 Å². The molecule has 8 heteroatoms. The number of ether oxygens (including phenoxy) is 1. The molecule has 0 bridgehead atoms. The van der Waals surface area contributed by atoms with Gasteiger partial charge in [-0.1, -0.05) is 5.16 Å². The molecule has 17 heavy (non-hydrogen) atoms. The number of nitrogens with zero attached hydrogens (tertiary/aromatic N) is 3.